The van der Waals surface area contributed by atoms with Crippen molar-refractivity contribution < 1.29 is 27.5 Å². The first-order valence-corrected chi connectivity index (χ1v) is 9.61. The lowest BCUT2D eigenvalue weighted by molar-refractivity contribution is -0.122. The van der Waals surface area contributed by atoms with Crippen LogP contribution in [0.2, 0.25) is 0 Å². The summed E-state index contributed by atoms with van der Waals surface area (Å²) in [6, 6.07) is 11.9. The molecule has 0 aliphatic heterocycles. The van der Waals surface area contributed by atoms with Gasteiger partial charge in [0.25, 0.3) is 5.91 Å². The number of rotatable bonds is 7. The summed E-state index contributed by atoms with van der Waals surface area (Å²) in [7, 11) is 1.37. The molecule has 30 heavy (non-hydrogen) atoms. The molecule has 0 aliphatic rings. The highest BCUT2D eigenvalue weighted by Crippen LogP contribution is 2.20. The van der Waals surface area contributed by atoms with Gasteiger partial charge in [-0.05, 0) is 54.1 Å². The van der Waals surface area contributed by atoms with E-state index in [0.29, 0.717) is 11.5 Å². The number of carbonyl (C=O) groups excluding carboxylic acids is 2. The maximum absolute atomic E-state index is 13.6. The highest BCUT2D eigenvalue weighted by molar-refractivity contribution is 9.10. The molecule has 1 atom stereocenters. The predicted molar refractivity (Wildman–Crippen MR) is 108 cm³/mol. The van der Waals surface area contributed by atoms with Crippen LogP contribution in [0.5, 0.6) is 5.75 Å². The zero-order valence-corrected chi connectivity index (χ0v) is 17.3. The molecule has 3 rings (SSSR count). The molecule has 0 saturated carbocycles. The van der Waals surface area contributed by atoms with Crippen molar-refractivity contribution in [3.63, 3.8) is 0 Å². The summed E-state index contributed by atoms with van der Waals surface area (Å²) in [4.78, 5) is 24.7. The average Bonchev–Trinajstić information content (AvgIpc) is 3.22. The maximum atomic E-state index is 13.6. The van der Waals surface area contributed by atoms with Gasteiger partial charge in [-0.3, -0.25) is 9.59 Å². The molecule has 1 heterocycles. The molecule has 2 amide bonds. The summed E-state index contributed by atoms with van der Waals surface area (Å²) in [5, 5.41) is 4.84. The Bertz CT molecular complexity index is 1050. The molecule has 156 valence electrons. The zero-order chi connectivity index (χ0) is 21.7. The van der Waals surface area contributed by atoms with Crippen LogP contribution in [0.25, 0.3) is 0 Å². The maximum Gasteiger partial charge on any atom is 0.287 e. The molecular weight excluding hydrogens is 462 g/mol. The first-order valence-electron chi connectivity index (χ1n) is 8.82. The first kappa shape index (κ1) is 21.5. The Morgan fingerprint density at radius 2 is 1.80 bits per heavy atom. The number of hydrogen-bond acceptors (Lipinski definition) is 4. The van der Waals surface area contributed by atoms with Gasteiger partial charge in [0.2, 0.25) is 5.91 Å². The Hall–Kier alpha value is -3.20. The van der Waals surface area contributed by atoms with Crippen LogP contribution in [0.4, 0.5) is 8.78 Å². The normalized spacial score (nSPS) is 11.6. The SMILES string of the molecule is CNC(=O)C(NC(=O)c1ccc(COc2ccc(Br)cc2)o1)c1ccc(F)c(F)c1. The van der Waals surface area contributed by atoms with Gasteiger partial charge < -0.3 is 19.8 Å². The van der Waals surface area contributed by atoms with Crippen LogP contribution in [0, 0.1) is 11.6 Å². The van der Waals surface area contributed by atoms with Crippen LogP contribution >= 0.6 is 15.9 Å². The van der Waals surface area contributed by atoms with Crippen LogP contribution in [0.3, 0.4) is 0 Å². The van der Waals surface area contributed by atoms with E-state index in [-0.39, 0.29) is 17.9 Å². The van der Waals surface area contributed by atoms with E-state index >= 15 is 0 Å². The highest BCUT2D eigenvalue weighted by Gasteiger charge is 2.25. The smallest absolute Gasteiger partial charge is 0.287 e. The summed E-state index contributed by atoms with van der Waals surface area (Å²) < 4.78 is 38.7. The quantitative estimate of drug-likeness (QED) is 0.535. The van der Waals surface area contributed by atoms with Gasteiger partial charge in [0.1, 0.15) is 24.2 Å². The molecule has 6 nitrogen and oxygen atoms in total. The van der Waals surface area contributed by atoms with E-state index in [9.17, 15) is 18.4 Å². The van der Waals surface area contributed by atoms with Crippen molar-refractivity contribution in [3.8, 4) is 5.75 Å². The average molecular weight is 479 g/mol. The van der Waals surface area contributed by atoms with Gasteiger partial charge in [0.05, 0.1) is 0 Å². The molecule has 2 N–H and O–H groups in total. The molecule has 0 spiro atoms. The lowest BCUT2D eigenvalue weighted by Gasteiger charge is -2.17. The molecule has 0 fully saturated rings. The van der Waals surface area contributed by atoms with Crippen molar-refractivity contribution in [2.24, 2.45) is 0 Å². The summed E-state index contributed by atoms with van der Waals surface area (Å²) in [6.07, 6.45) is 0. The fourth-order valence-corrected chi connectivity index (χ4v) is 2.87. The zero-order valence-electron chi connectivity index (χ0n) is 15.7. The third kappa shape index (κ3) is 5.24. The number of furan rings is 1. The Kier molecular flexibility index (Phi) is 6.83. The first-order chi connectivity index (χ1) is 14.4. The Balaban J connectivity index is 1.69. The van der Waals surface area contributed by atoms with Gasteiger partial charge in [0, 0.05) is 11.5 Å². The molecular formula is C21H17BrF2N2O4. The minimum absolute atomic E-state index is 0.0547. The standard InChI is InChI=1S/C21H17BrF2N2O4/c1-25-21(28)19(12-2-8-16(23)17(24)10-12)26-20(27)18-9-7-15(30-18)11-29-14-5-3-13(22)4-6-14/h2-10,19H,11H2,1H3,(H,25,28)(H,26,27). The van der Waals surface area contributed by atoms with E-state index in [4.69, 9.17) is 9.15 Å². The predicted octanol–water partition coefficient (Wildman–Crippen LogP) is 4.12. The summed E-state index contributed by atoms with van der Waals surface area (Å²) in [6.45, 7) is 0.0942. The summed E-state index contributed by atoms with van der Waals surface area (Å²) >= 11 is 3.33. The number of likely N-dealkylation sites (N-methyl/N-ethyl adjacent to an activating group) is 1. The molecule has 1 unspecified atom stereocenters. The van der Waals surface area contributed by atoms with E-state index in [1.165, 1.54) is 19.2 Å². The second-order valence-electron chi connectivity index (χ2n) is 6.20. The van der Waals surface area contributed by atoms with Gasteiger partial charge in [-0.2, -0.15) is 0 Å². The molecule has 1 aromatic heterocycles. The number of hydrogen-bond donors (Lipinski definition) is 2. The van der Waals surface area contributed by atoms with Crippen molar-refractivity contribution in [3.05, 3.63) is 87.8 Å². The van der Waals surface area contributed by atoms with E-state index in [2.05, 4.69) is 26.6 Å². The minimum atomic E-state index is -1.23. The van der Waals surface area contributed by atoms with Crippen LogP contribution < -0.4 is 15.4 Å². The van der Waals surface area contributed by atoms with Gasteiger partial charge >= 0.3 is 0 Å². The monoisotopic (exact) mass is 478 g/mol. The lowest BCUT2D eigenvalue weighted by atomic mass is 10.1. The van der Waals surface area contributed by atoms with Crippen molar-refractivity contribution in [2.45, 2.75) is 12.6 Å². The van der Waals surface area contributed by atoms with Crippen LogP contribution in [0.15, 0.2) is 63.5 Å². The highest BCUT2D eigenvalue weighted by atomic mass is 79.9. The number of amides is 2. The molecule has 3 aromatic rings. The van der Waals surface area contributed by atoms with Crippen LogP contribution in [0.1, 0.15) is 27.9 Å². The van der Waals surface area contributed by atoms with E-state index in [1.54, 1.807) is 18.2 Å². The molecule has 0 bridgehead atoms. The van der Waals surface area contributed by atoms with Gasteiger partial charge in [-0.25, -0.2) is 8.78 Å². The van der Waals surface area contributed by atoms with E-state index in [0.717, 1.165) is 16.6 Å². The summed E-state index contributed by atoms with van der Waals surface area (Å²) in [5.41, 5.74) is 0.0898. The van der Waals surface area contributed by atoms with E-state index in [1.807, 2.05) is 12.1 Å². The fourth-order valence-electron chi connectivity index (χ4n) is 2.60. The number of halogens is 3. The number of ether oxygens (including phenoxy) is 1. The van der Waals surface area contributed by atoms with Crippen molar-refractivity contribution >= 4 is 27.7 Å². The minimum Gasteiger partial charge on any atom is -0.486 e. The largest absolute Gasteiger partial charge is 0.486 e. The number of nitrogens with one attached hydrogen (secondary N) is 2. The summed E-state index contributed by atoms with van der Waals surface area (Å²) in [5.74, 6) is -2.50. The van der Waals surface area contributed by atoms with Gasteiger partial charge in [-0.15, -0.1) is 0 Å². The Morgan fingerprint density at radius 3 is 2.47 bits per heavy atom. The molecule has 0 saturated heterocycles. The topological polar surface area (TPSA) is 80.6 Å². The Labute approximate surface area is 179 Å². The second kappa shape index (κ2) is 9.53. The fraction of sp³-hybridized carbons (Fsp3) is 0.143. The molecule has 2 aromatic carbocycles. The number of carbonyl (C=O) groups is 2. The third-order valence-corrected chi connectivity index (χ3v) is 4.67. The Morgan fingerprint density at radius 1 is 1.07 bits per heavy atom. The lowest BCUT2D eigenvalue weighted by Crippen LogP contribution is -2.39. The van der Waals surface area contributed by atoms with Crippen molar-refractivity contribution in [1.29, 1.82) is 0 Å². The van der Waals surface area contributed by atoms with E-state index < -0.39 is 29.5 Å². The molecule has 0 radical (unpaired) electrons. The van der Waals surface area contributed by atoms with Crippen molar-refractivity contribution in [2.75, 3.05) is 7.05 Å². The molecule has 9 heteroatoms. The second-order valence-corrected chi connectivity index (χ2v) is 7.12. The third-order valence-electron chi connectivity index (χ3n) is 4.14. The van der Waals surface area contributed by atoms with Gasteiger partial charge in [0.15, 0.2) is 17.4 Å². The van der Waals surface area contributed by atoms with Crippen LogP contribution in [-0.4, -0.2) is 18.9 Å². The molecule has 0 aliphatic carbocycles. The number of benzene rings is 2. The van der Waals surface area contributed by atoms with Crippen LogP contribution in [-0.2, 0) is 11.4 Å². The van der Waals surface area contributed by atoms with Crippen molar-refractivity contribution in [1.82, 2.24) is 10.6 Å². The van der Waals surface area contributed by atoms with Gasteiger partial charge in [-0.1, -0.05) is 22.0 Å².